The van der Waals surface area contributed by atoms with Gasteiger partial charge in [-0.2, -0.15) is 5.10 Å². The third kappa shape index (κ3) is 7.16. The van der Waals surface area contributed by atoms with Crippen LogP contribution < -0.4 is 15.1 Å². The van der Waals surface area contributed by atoms with E-state index in [1.165, 1.54) is 6.42 Å². The van der Waals surface area contributed by atoms with Gasteiger partial charge in [-0.15, -0.1) is 10.2 Å². The number of carbonyl (C=O) groups is 1. The molecule has 316 valence electrons. The molecular formula is C47H53N9O4S. The van der Waals surface area contributed by atoms with Crippen molar-refractivity contribution in [3.05, 3.63) is 89.4 Å². The third-order valence-corrected chi connectivity index (χ3v) is 14.9. The number of phenols is 1. The van der Waals surface area contributed by atoms with Gasteiger partial charge < -0.3 is 30.1 Å². The second-order valence-corrected chi connectivity index (χ2v) is 20.2. The second-order valence-electron chi connectivity index (χ2n) is 19.2. The minimum absolute atomic E-state index is 0.00877. The number of anilines is 5. The highest BCUT2D eigenvalue weighted by atomic mass is 32.1. The van der Waals surface area contributed by atoms with Gasteiger partial charge in [-0.05, 0) is 130 Å². The Bertz CT molecular complexity index is 2630. The fourth-order valence-corrected chi connectivity index (χ4v) is 13.4. The number of rotatable bonds is 12. The van der Waals surface area contributed by atoms with Gasteiger partial charge in [0.15, 0.2) is 22.5 Å². The zero-order valence-electron chi connectivity index (χ0n) is 35.5. The van der Waals surface area contributed by atoms with Crippen molar-refractivity contribution in [1.29, 1.82) is 0 Å². The number of hydrogen-bond donors (Lipinski definition) is 3. The predicted octanol–water partition coefficient (Wildman–Crippen LogP) is 9.47. The summed E-state index contributed by atoms with van der Waals surface area (Å²) < 4.78 is 10.2. The number of pyridine rings is 1. The molecule has 61 heavy (non-hydrogen) atoms. The van der Waals surface area contributed by atoms with Crippen molar-refractivity contribution in [2.24, 2.45) is 16.2 Å². The first-order valence-electron chi connectivity index (χ1n) is 21.4. The molecule has 2 aromatic carbocycles. The Labute approximate surface area is 359 Å². The summed E-state index contributed by atoms with van der Waals surface area (Å²) in [6.07, 6.45) is 10.1. The van der Waals surface area contributed by atoms with Gasteiger partial charge in [0.2, 0.25) is 0 Å². The molecule has 4 bridgehead atoms. The van der Waals surface area contributed by atoms with Crippen molar-refractivity contribution in [3.8, 4) is 16.9 Å². The van der Waals surface area contributed by atoms with Crippen LogP contribution in [-0.4, -0.2) is 78.5 Å². The highest BCUT2D eigenvalue weighted by Gasteiger charge is 2.66. The van der Waals surface area contributed by atoms with Gasteiger partial charge in [0.05, 0.1) is 28.6 Å². The molecule has 11 rings (SSSR count). The van der Waals surface area contributed by atoms with Crippen LogP contribution in [0.1, 0.15) is 86.1 Å². The Morgan fingerprint density at radius 2 is 1.70 bits per heavy atom. The van der Waals surface area contributed by atoms with E-state index in [1.54, 1.807) is 23.5 Å². The van der Waals surface area contributed by atoms with Crippen LogP contribution in [0.5, 0.6) is 5.75 Å². The lowest BCUT2D eigenvalue weighted by atomic mass is 9.39. The highest BCUT2D eigenvalue weighted by molar-refractivity contribution is 7.22. The summed E-state index contributed by atoms with van der Waals surface area (Å²) in [6.45, 7) is 11.8. The third-order valence-electron chi connectivity index (χ3n) is 13.9. The summed E-state index contributed by atoms with van der Waals surface area (Å²) in [6, 6.07) is 19.1. The molecule has 2 unspecified atom stereocenters. The number of carboxylic acid groups (broad SMARTS) is 1. The minimum atomic E-state index is -1.09. The molecule has 0 saturated heterocycles. The standard InChI is InChI=1S/C47H53N9O4S/c1-29-33-9-8-18-55(41(33)53-52-40(29)51-43-49-36-10-6-7-11-37(36)61-43)38-17-16-34(39(50-38)42(58)59)35-21-48-56(30(35)2)28-46-23-44(3)22-45(4,24-46)26-47(25-44,27-46)60-20-19-54(5)31-12-14-32(57)15-13-31/h6-7,10-17,21,57H,8-9,18-20,22-28H2,1-5H3,(H,58,59)(H,49,51,52). The molecule has 5 aliphatic rings. The van der Waals surface area contributed by atoms with E-state index in [0.29, 0.717) is 36.2 Å². The Kier molecular flexibility index (Phi) is 9.40. The first kappa shape index (κ1) is 39.5. The van der Waals surface area contributed by atoms with Gasteiger partial charge in [0.25, 0.3) is 0 Å². The monoisotopic (exact) mass is 839 g/mol. The molecular weight excluding hydrogens is 787 g/mol. The number of fused-ring (bicyclic) bond motifs is 2. The molecule has 13 nitrogen and oxygen atoms in total. The molecule has 1 aliphatic heterocycles. The summed E-state index contributed by atoms with van der Waals surface area (Å²) in [4.78, 5) is 26.7. The number of nitrogens with one attached hydrogen (secondary N) is 1. The Balaban J connectivity index is 0.887. The van der Waals surface area contributed by atoms with Crippen LogP contribution in [-0.2, 0) is 17.7 Å². The maximum Gasteiger partial charge on any atom is 0.355 e. The number of thiazole rings is 1. The van der Waals surface area contributed by atoms with Crippen LogP contribution in [0.2, 0.25) is 0 Å². The smallest absolute Gasteiger partial charge is 0.355 e. The SMILES string of the molecule is Cc1c(Nc2nc3ccccc3s2)nnc2c1CCCN2c1ccc(-c2cnn(CC34CC5(C)CC(C)(C3)CC(OCCN(C)c3ccc(O)cc3)(C5)C4)c2C)c(C(=O)O)n1. The summed E-state index contributed by atoms with van der Waals surface area (Å²) in [7, 11) is 2.07. The normalized spacial score (nSPS) is 25.2. The molecule has 4 saturated carbocycles. The van der Waals surface area contributed by atoms with Crippen molar-refractivity contribution >= 4 is 55.8 Å². The van der Waals surface area contributed by atoms with Crippen molar-refractivity contribution in [1.82, 2.24) is 29.9 Å². The Morgan fingerprint density at radius 1 is 0.934 bits per heavy atom. The Morgan fingerprint density at radius 3 is 2.46 bits per heavy atom. The first-order valence-corrected chi connectivity index (χ1v) is 22.2. The van der Waals surface area contributed by atoms with Crippen molar-refractivity contribution in [3.63, 3.8) is 0 Å². The van der Waals surface area contributed by atoms with Gasteiger partial charge in [-0.1, -0.05) is 37.3 Å². The van der Waals surface area contributed by atoms with Crippen LogP contribution in [0.4, 0.5) is 28.3 Å². The maximum atomic E-state index is 13.0. The van der Waals surface area contributed by atoms with Gasteiger partial charge in [-0.25, -0.2) is 14.8 Å². The van der Waals surface area contributed by atoms with E-state index in [4.69, 9.17) is 19.8 Å². The summed E-state index contributed by atoms with van der Waals surface area (Å²) in [5.41, 5.74) is 6.47. The zero-order valence-corrected chi connectivity index (χ0v) is 36.3. The van der Waals surface area contributed by atoms with E-state index >= 15 is 0 Å². The molecule has 4 aliphatic carbocycles. The number of nitrogens with zero attached hydrogens (tertiary/aromatic N) is 8. The van der Waals surface area contributed by atoms with Crippen LogP contribution in [0.3, 0.4) is 0 Å². The highest BCUT2D eigenvalue weighted by Crippen LogP contribution is 2.72. The van der Waals surface area contributed by atoms with Crippen molar-refractivity contribution < 1.29 is 19.7 Å². The van der Waals surface area contributed by atoms with E-state index < -0.39 is 5.97 Å². The number of aromatic nitrogens is 6. The van der Waals surface area contributed by atoms with E-state index in [2.05, 4.69) is 59.0 Å². The average molecular weight is 840 g/mol. The number of carboxylic acids is 1. The number of aromatic hydroxyl groups is 1. The lowest BCUT2D eigenvalue weighted by molar-refractivity contribution is -0.247. The molecule has 2 atom stereocenters. The summed E-state index contributed by atoms with van der Waals surface area (Å²) in [5, 5.41) is 38.7. The molecule has 6 aromatic rings. The van der Waals surface area contributed by atoms with Crippen molar-refractivity contribution in [2.75, 3.05) is 41.9 Å². The molecule has 4 fully saturated rings. The molecule has 0 amide bonds. The van der Waals surface area contributed by atoms with Crippen LogP contribution in [0.15, 0.2) is 66.9 Å². The number of hydrogen-bond acceptors (Lipinski definition) is 12. The lowest BCUT2D eigenvalue weighted by Gasteiger charge is -2.69. The average Bonchev–Trinajstić information content (AvgIpc) is 3.79. The molecule has 4 aromatic heterocycles. The molecule has 0 radical (unpaired) electrons. The van der Waals surface area contributed by atoms with Crippen LogP contribution in [0, 0.1) is 30.1 Å². The maximum absolute atomic E-state index is 13.0. The van der Waals surface area contributed by atoms with Crippen molar-refractivity contribution in [2.45, 2.75) is 91.2 Å². The number of para-hydroxylation sites is 1. The van der Waals surface area contributed by atoms with Crippen LogP contribution >= 0.6 is 11.3 Å². The van der Waals surface area contributed by atoms with Crippen LogP contribution in [0.25, 0.3) is 21.3 Å². The first-order chi connectivity index (χ1) is 29.2. The quantitative estimate of drug-likeness (QED) is 0.108. The molecule has 3 N–H and O–H groups in total. The number of benzene rings is 2. The summed E-state index contributed by atoms with van der Waals surface area (Å²) in [5.74, 6) is 1.07. The molecule has 14 heteroatoms. The molecule has 5 heterocycles. The predicted molar refractivity (Wildman–Crippen MR) is 239 cm³/mol. The number of ether oxygens (including phenoxy) is 1. The van der Waals surface area contributed by atoms with Gasteiger partial charge in [-0.3, -0.25) is 4.68 Å². The Hall–Kier alpha value is -5.60. The fourth-order valence-electron chi connectivity index (χ4n) is 12.5. The molecule has 0 spiro atoms. The number of aromatic carboxylic acids is 1. The number of phenolic OH excluding ortho intramolecular Hbond substituents is 1. The van der Waals surface area contributed by atoms with E-state index in [9.17, 15) is 15.0 Å². The second kappa shape index (κ2) is 14.5. The van der Waals surface area contributed by atoms with E-state index in [1.807, 2.05) is 60.5 Å². The topological polar surface area (TPSA) is 155 Å². The van der Waals surface area contributed by atoms with Gasteiger partial charge >= 0.3 is 5.97 Å². The van der Waals surface area contributed by atoms with E-state index in [-0.39, 0.29) is 33.3 Å². The largest absolute Gasteiger partial charge is 0.508 e. The minimum Gasteiger partial charge on any atom is -0.508 e. The van der Waals surface area contributed by atoms with E-state index in [0.717, 1.165) is 101 Å². The fraction of sp³-hybridized carbons (Fsp3) is 0.447. The number of likely N-dealkylation sites (N-methyl/N-ethyl adjacent to an activating group) is 1. The zero-order chi connectivity index (χ0) is 42.3. The van der Waals surface area contributed by atoms with Gasteiger partial charge in [0, 0.05) is 60.3 Å². The summed E-state index contributed by atoms with van der Waals surface area (Å²) >= 11 is 1.57. The lowest BCUT2D eigenvalue weighted by Crippen LogP contribution is -2.64. The van der Waals surface area contributed by atoms with Gasteiger partial charge in [0.1, 0.15) is 11.6 Å².